The van der Waals surface area contributed by atoms with Crippen LogP contribution in [0.3, 0.4) is 0 Å². The molecule has 3 heteroatoms. The highest BCUT2D eigenvalue weighted by molar-refractivity contribution is 6.06. The zero-order valence-electron chi connectivity index (χ0n) is 18.0. The second kappa shape index (κ2) is 5.36. The van der Waals surface area contributed by atoms with Crippen LogP contribution in [0.15, 0.2) is 23.0 Å². The average molecular weight is 371 g/mol. The second-order valence-electron chi connectivity index (χ2n) is 10.7. The van der Waals surface area contributed by atoms with Crippen LogP contribution < -0.4 is 0 Å². The summed E-state index contributed by atoms with van der Waals surface area (Å²) < 4.78 is 6.97. The van der Waals surface area contributed by atoms with E-state index in [9.17, 15) is 9.59 Å². The number of Topliss-reactive ketones (excluding diaryl/α,β-unsaturated/α-hetero) is 1. The molecule has 3 aliphatic carbocycles. The topological polar surface area (TPSA) is 43.4 Å². The molecule has 27 heavy (non-hydrogen) atoms. The number of fused-ring (bicyclic) bond motifs is 3. The molecule has 0 unspecified atom stereocenters. The standard InChI is InChI=1S/C24H34O3/c1-14-8-9-18-21(4,5)19(26)10-11-23(18,7)24(14)13-22(6)15(2)12-17(25)16(3)20(22)27-24/h12,14,18H,8-11,13H2,1-7H3/t14-,18-,22+,23-,24-/m0/s1. The van der Waals surface area contributed by atoms with E-state index in [2.05, 4.69) is 41.5 Å². The molecule has 4 aliphatic rings. The molecule has 0 aromatic rings. The fraction of sp³-hybridized carbons (Fsp3) is 0.750. The molecular formula is C24H34O3. The van der Waals surface area contributed by atoms with Gasteiger partial charge in [0.2, 0.25) is 0 Å². The molecule has 1 saturated heterocycles. The van der Waals surface area contributed by atoms with Crippen molar-refractivity contribution in [1.29, 1.82) is 0 Å². The summed E-state index contributed by atoms with van der Waals surface area (Å²) in [6.45, 7) is 15.2. The first-order valence-electron chi connectivity index (χ1n) is 10.6. The van der Waals surface area contributed by atoms with Crippen molar-refractivity contribution in [3.8, 4) is 0 Å². The van der Waals surface area contributed by atoms with E-state index in [0.29, 0.717) is 24.0 Å². The Balaban J connectivity index is 1.89. The maximum Gasteiger partial charge on any atom is 0.184 e. The number of ketones is 2. The average Bonchev–Trinajstić information content (AvgIpc) is 2.92. The maximum absolute atomic E-state index is 12.8. The lowest BCUT2D eigenvalue weighted by Gasteiger charge is -2.62. The van der Waals surface area contributed by atoms with E-state index in [-0.39, 0.29) is 27.6 Å². The van der Waals surface area contributed by atoms with Gasteiger partial charge in [0.15, 0.2) is 5.78 Å². The molecule has 2 saturated carbocycles. The number of ether oxygens (including phenoxy) is 1. The van der Waals surface area contributed by atoms with Gasteiger partial charge in [0, 0.05) is 29.2 Å². The Labute approximate surface area is 163 Å². The third kappa shape index (κ3) is 2.09. The van der Waals surface area contributed by atoms with Crippen molar-refractivity contribution in [1.82, 2.24) is 0 Å². The monoisotopic (exact) mass is 370 g/mol. The minimum Gasteiger partial charge on any atom is -0.489 e. The molecule has 0 bridgehead atoms. The lowest BCUT2D eigenvalue weighted by atomic mass is 9.43. The van der Waals surface area contributed by atoms with Gasteiger partial charge in [-0.05, 0) is 57.9 Å². The minimum absolute atomic E-state index is 0.0565. The predicted molar refractivity (Wildman–Crippen MR) is 106 cm³/mol. The maximum atomic E-state index is 12.8. The Hall–Kier alpha value is -1.38. The fourth-order valence-electron chi connectivity index (χ4n) is 7.17. The number of carbonyl (C=O) groups excluding carboxylic acids is 2. The first-order valence-corrected chi connectivity index (χ1v) is 10.6. The highest BCUT2D eigenvalue weighted by Crippen LogP contribution is 2.70. The highest BCUT2D eigenvalue weighted by Gasteiger charge is 2.70. The molecule has 5 atom stereocenters. The predicted octanol–water partition coefficient (Wildman–Crippen LogP) is 5.40. The summed E-state index contributed by atoms with van der Waals surface area (Å²) in [4.78, 5) is 25.2. The molecule has 0 N–H and O–H groups in total. The van der Waals surface area contributed by atoms with Gasteiger partial charge in [-0.1, -0.05) is 33.3 Å². The summed E-state index contributed by atoms with van der Waals surface area (Å²) in [5.41, 5.74) is 1.02. The van der Waals surface area contributed by atoms with E-state index in [1.165, 1.54) is 0 Å². The van der Waals surface area contributed by atoms with Gasteiger partial charge in [-0.2, -0.15) is 0 Å². The van der Waals surface area contributed by atoms with Crippen LogP contribution in [0.4, 0.5) is 0 Å². The van der Waals surface area contributed by atoms with E-state index < -0.39 is 0 Å². The molecule has 3 fully saturated rings. The third-order valence-electron chi connectivity index (χ3n) is 9.21. The largest absolute Gasteiger partial charge is 0.489 e. The molecule has 148 valence electrons. The Morgan fingerprint density at radius 1 is 1.07 bits per heavy atom. The molecule has 4 rings (SSSR count). The lowest BCUT2D eigenvalue weighted by Crippen LogP contribution is -2.64. The van der Waals surface area contributed by atoms with Gasteiger partial charge < -0.3 is 4.74 Å². The van der Waals surface area contributed by atoms with Crippen LogP contribution in [0.5, 0.6) is 0 Å². The van der Waals surface area contributed by atoms with Crippen LogP contribution >= 0.6 is 0 Å². The summed E-state index contributed by atoms with van der Waals surface area (Å²) in [7, 11) is 0. The van der Waals surface area contributed by atoms with Crippen LogP contribution in [0.1, 0.15) is 80.6 Å². The molecule has 0 amide bonds. The van der Waals surface area contributed by atoms with Crippen LogP contribution in [-0.4, -0.2) is 17.2 Å². The van der Waals surface area contributed by atoms with Crippen LogP contribution in [0, 0.1) is 28.1 Å². The molecule has 0 aromatic heterocycles. The summed E-state index contributed by atoms with van der Waals surface area (Å²) >= 11 is 0. The molecule has 1 heterocycles. The number of rotatable bonds is 0. The molecule has 1 aliphatic heterocycles. The van der Waals surface area contributed by atoms with Gasteiger partial charge in [-0.3, -0.25) is 9.59 Å². The van der Waals surface area contributed by atoms with Crippen molar-refractivity contribution >= 4 is 11.6 Å². The van der Waals surface area contributed by atoms with E-state index in [0.717, 1.165) is 42.6 Å². The van der Waals surface area contributed by atoms with Crippen molar-refractivity contribution in [3.63, 3.8) is 0 Å². The summed E-state index contributed by atoms with van der Waals surface area (Å²) in [5.74, 6) is 2.12. The number of carbonyl (C=O) groups is 2. The summed E-state index contributed by atoms with van der Waals surface area (Å²) in [6.07, 6.45) is 6.42. The Bertz CT molecular complexity index is 800. The highest BCUT2D eigenvalue weighted by atomic mass is 16.5. The molecule has 0 radical (unpaired) electrons. The van der Waals surface area contributed by atoms with E-state index >= 15 is 0 Å². The summed E-state index contributed by atoms with van der Waals surface area (Å²) in [5, 5.41) is 0. The van der Waals surface area contributed by atoms with Crippen LogP contribution in [0.2, 0.25) is 0 Å². The van der Waals surface area contributed by atoms with Gasteiger partial charge in [-0.15, -0.1) is 0 Å². The van der Waals surface area contributed by atoms with E-state index in [1.807, 2.05) is 13.0 Å². The first kappa shape index (κ1) is 19.0. The van der Waals surface area contributed by atoms with Crippen molar-refractivity contribution in [2.45, 2.75) is 86.2 Å². The zero-order chi connectivity index (χ0) is 20.0. The van der Waals surface area contributed by atoms with Crippen LogP contribution in [-0.2, 0) is 14.3 Å². The first-order chi connectivity index (χ1) is 12.4. The fourth-order valence-corrected chi connectivity index (χ4v) is 7.17. The van der Waals surface area contributed by atoms with Crippen molar-refractivity contribution in [2.24, 2.45) is 28.1 Å². The number of hydrogen-bond acceptors (Lipinski definition) is 3. The normalized spacial score (nSPS) is 46.1. The molecule has 1 spiro atoms. The van der Waals surface area contributed by atoms with E-state index in [4.69, 9.17) is 4.74 Å². The molecular weight excluding hydrogens is 336 g/mol. The van der Waals surface area contributed by atoms with Gasteiger partial charge in [-0.25, -0.2) is 0 Å². The summed E-state index contributed by atoms with van der Waals surface area (Å²) in [6, 6.07) is 0. The van der Waals surface area contributed by atoms with Gasteiger partial charge in [0.25, 0.3) is 0 Å². The number of hydrogen-bond donors (Lipinski definition) is 0. The van der Waals surface area contributed by atoms with E-state index in [1.54, 1.807) is 0 Å². The quantitative estimate of drug-likeness (QED) is 0.574. The Kier molecular flexibility index (Phi) is 3.76. The minimum atomic E-state index is -0.307. The zero-order valence-corrected chi connectivity index (χ0v) is 18.0. The SMILES string of the molecule is CC1=CC(=O)C(C)=C2O[C@@]3(C[C@]12C)[C@@H](C)CC[C@H]1C(C)(C)C(=O)CC[C@@]13C. The smallest absolute Gasteiger partial charge is 0.184 e. The Morgan fingerprint density at radius 2 is 1.74 bits per heavy atom. The Morgan fingerprint density at radius 3 is 2.41 bits per heavy atom. The third-order valence-corrected chi connectivity index (χ3v) is 9.21. The number of allylic oxidation sites excluding steroid dienone is 3. The lowest BCUT2D eigenvalue weighted by molar-refractivity contribution is -0.202. The second-order valence-corrected chi connectivity index (χ2v) is 10.7. The van der Waals surface area contributed by atoms with Crippen molar-refractivity contribution in [2.75, 3.05) is 0 Å². The van der Waals surface area contributed by atoms with Gasteiger partial charge in [0.05, 0.1) is 5.41 Å². The van der Waals surface area contributed by atoms with Crippen LogP contribution in [0.25, 0.3) is 0 Å². The van der Waals surface area contributed by atoms with Gasteiger partial charge >= 0.3 is 0 Å². The van der Waals surface area contributed by atoms with Crippen molar-refractivity contribution in [3.05, 3.63) is 23.0 Å². The molecule has 3 nitrogen and oxygen atoms in total. The van der Waals surface area contributed by atoms with Gasteiger partial charge in [0.1, 0.15) is 17.1 Å². The van der Waals surface area contributed by atoms with Crippen molar-refractivity contribution < 1.29 is 14.3 Å². The molecule has 0 aromatic carbocycles.